The fraction of sp³-hybridized carbons (Fsp3) is 0.533. The number of amides is 1. The minimum atomic E-state index is 0.00283. The minimum absolute atomic E-state index is 0.00283. The van der Waals surface area contributed by atoms with E-state index in [1.807, 2.05) is 18.2 Å². The van der Waals surface area contributed by atoms with Crippen LogP contribution >= 0.6 is 0 Å². The summed E-state index contributed by atoms with van der Waals surface area (Å²) in [4.78, 5) is 11.9. The third-order valence-corrected chi connectivity index (χ3v) is 2.78. The molecule has 3 nitrogen and oxygen atoms in total. The van der Waals surface area contributed by atoms with Gasteiger partial charge in [-0.2, -0.15) is 0 Å². The highest BCUT2D eigenvalue weighted by Crippen LogP contribution is 2.15. The van der Waals surface area contributed by atoms with Gasteiger partial charge in [-0.15, -0.1) is 0 Å². The lowest BCUT2D eigenvalue weighted by atomic mass is 10.0. The number of nitrogens with one attached hydrogen (secondary N) is 2. The Hall–Kier alpha value is -1.35. The zero-order valence-corrected chi connectivity index (χ0v) is 11.8. The molecule has 2 N–H and O–H groups in total. The second kappa shape index (κ2) is 7.17. The monoisotopic (exact) mass is 248 g/mol. The van der Waals surface area contributed by atoms with E-state index in [-0.39, 0.29) is 5.91 Å². The Labute approximate surface area is 110 Å². The van der Waals surface area contributed by atoms with Crippen LogP contribution in [0.15, 0.2) is 24.3 Å². The van der Waals surface area contributed by atoms with Crippen molar-refractivity contribution < 1.29 is 4.79 Å². The number of hydrogen-bond acceptors (Lipinski definition) is 2. The van der Waals surface area contributed by atoms with Crippen molar-refractivity contribution in [3.8, 4) is 0 Å². The van der Waals surface area contributed by atoms with Crippen molar-refractivity contribution in [2.45, 2.75) is 39.7 Å². The normalized spacial score (nSPS) is 11.0. The first-order chi connectivity index (χ1) is 8.50. The number of carbonyl (C=O) groups is 1. The van der Waals surface area contributed by atoms with Crippen LogP contribution in [0.3, 0.4) is 0 Å². The standard InChI is InChI=1S/C15H24N2O/c1-11(2)13-6-5-7-14(10-13)15(18)17-9-8-16-12(3)4/h5-7,10-12,16H,8-9H2,1-4H3,(H,17,18). The van der Waals surface area contributed by atoms with Crippen LogP contribution in [0.2, 0.25) is 0 Å². The predicted molar refractivity (Wildman–Crippen MR) is 76.0 cm³/mol. The summed E-state index contributed by atoms with van der Waals surface area (Å²) in [5.41, 5.74) is 1.94. The summed E-state index contributed by atoms with van der Waals surface area (Å²) in [7, 11) is 0. The van der Waals surface area contributed by atoms with E-state index in [4.69, 9.17) is 0 Å². The predicted octanol–water partition coefficient (Wildman–Crippen LogP) is 2.54. The van der Waals surface area contributed by atoms with E-state index in [0.29, 0.717) is 18.5 Å². The Morgan fingerprint density at radius 2 is 1.89 bits per heavy atom. The first-order valence-electron chi connectivity index (χ1n) is 6.62. The molecule has 0 fully saturated rings. The molecular weight excluding hydrogens is 224 g/mol. The van der Waals surface area contributed by atoms with E-state index in [2.05, 4.69) is 44.4 Å². The molecule has 1 aromatic carbocycles. The maximum atomic E-state index is 11.9. The first kappa shape index (κ1) is 14.7. The van der Waals surface area contributed by atoms with Crippen LogP contribution in [0.25, 0.3) is 0 Å². The highest BCUT2D eigenvalue weighted by Gasteiger charge is 2.07. The van der Waals surface area contributed by atoms with Crippen LogP contribution in [-0.4, -0.2) is 25.0 Å². The molecule has 0 unspecified atom stereocenters. The molecule has 0 heterocycles. The molecule has 0 bridgehead atoms. The van der Waals surface area contributed by atoms with E-state index in [1.54, 1.807) is 0 Å². The Morgan fingerprint density at radius 3 is 2.50 bits per heavy atom. The molecule has 0 saturated carbocycles. The Balaban J connectivity index is 2.48. The van der Waals surface area contributed by atoms with Gasteiger partial charge in [0.25, 0.3) is 5.91 Å². The second-order valence-electron chi connectivity index (χ2n) is 5.14. The van der Waals surface area contributed by atoms with Gasteiger partial charge >= 0.3 is 0 Å². The lowest BCUT2D eigenvalue weighted by Gasteiger charge is -2.10. The topological polar surface area (TPSA) is 41.1 Å². The summed E-state index contributed by atoms with van der Waals surface area (Å²) >= 11 is 0. The van der Waals surface area contributed by atoms with Crippen LogP contribution in [0.1, 0.15) is 49.5 Å². The van der Waals surface area contributed by atoms with E-state index >= 15 is 0 Å². The zero-order valence-electron chi connectivity index (χ0n) is 11.8. The summed E-state index contributed by atoms with van der Waals surface area (Å²) in [5.74, 6) is 0.448. The number of rotatable bonds is 6. The molecule has 0 radical (unpaired) electrons. The molecule has 1 rings (SSSR count). The first-order valence-corrected chi connectivity index (χ1v) is 6.62. The molecular formula is C15H24N2O. The zero-order chi connectivity index (χ0) is 13.5. The SMILES string of the molecule is CC(C)NCCNC(=O)c1cccc(C(C)C)c1. The third kappa shape index (κ3) is 4.88. The van der Waals surface area contributed by atoms with Crippen molar-refractivity contribution in [1.82, 2.24) is 10.6 Å². The van der Waals surface area contributed by atoms with Gasteiger partial charge in [0.05, 0.1) is 0 Å². The molecule has 18 heavy (non-hydrogen) atoms. The lowest BCUT2D eigenvalue weighted by Crippen LogP contribution is -2.34. The number of hydrogen-bond donors (Lipinski definition) is 2. The molecule has 3 heteroatoms. The van der Waals surface area contributed by atoms with Crippen molar-refractivity contribution in [1.29, 1.82) is 0 Å². The van der Waals surface area contributed by atoms with E-state index in [0.717, 1.165) is 12.1 Å². The van der Waals surface area contributed by atoms with Crippen molar-refractivity contribution >= 4 is 5.91 Å². The van der Waals surface area contributed by atoms with Gasteiger partial charge in [0, 0.05) is 24.7 Å². The van der Waals surface area contributed by atoms with Gasteiger partial charge in [-0.3, -0.25) is 4.79 Å². The Bertz CT molecular complexity index is 386. The van der Waals surface area contributed by atoms with Gasteiger partial charge in [0.15, 0.2) is 0 Å². The smallest absolute Gasteiger partial charge is 0.251 e. The third-order valence-electron chi connectivity index (χ3n) is 2.78. The quantitative estimate of drug-likeness (QED) is 0.760. The highest BCUT2D eigenvalue weighted by molar-refractivity contribution is 5.94. The van der Waals surface area contributed by atoms with Gasteiger partial charge in [0.1, 0.15) is 0 Å². The average Bonchev–Trinajstić information content (AvgIpc) is 2.34. The second-order valence-corrected chi connectivity index (χ2v) is 5.14. The highest BCUT2D eigenvalue weighted by atomic mass is 16.1. The Kier molecular flexibility index (Phi) is 5.86. The van der Waals surface area contributed by atoms with Crippen LogP contribution < -0.4 is 10.6 Å². The molecule has 0 aliphatic rings. The molecule has 1 aromatic rings. The molecule has 0 saturated heterocycles. The van der Waals surface area contributed by atoms with E-state index < -0.39 is 0 Å². The van der Waals surface area contributed by atoms with Crippen LogP contribution in [0.5, 0.6) is 0 Å². The maximum absolute atomic E-state index is 11.9. The molecule has 0 atom stereocenters. The lowest BCUT2D eigenvalue weighted by molar-refractivity contribution is 0.0953. The van der Waals surface area contributed by atoms with Crippen molar-refractivity contribution in [2.75, 3.05) is 13.1 Å². The fourth-order valence-electron chi connectivity index (χ4n) is 1.68. The van der Waals surface area contributed by atoms with E-state index in [9.17, 15) is 4.79 Å². The molecule has 0 aromatic heterocycles. The van der Waals surface area contributed by atoms with Crippen molar-refractivity contribution in [2.24, 2.45) is 0 Å². The minimum Gasteiger partial charge on any atom is -0.351 e. The van der Waals surface area contributed by atoms with Crippen molar-refractivity contribution in [3.05, 3.63) is 35.4 Å². The van der Waals surface area contributed by atoms with Crippen LogP contribution in [-0.2, 0) is 0 Å². The molecule has 100 valence electrons. The summed E-state index contributed by atoms with van der Waals surface area (Å²) in [6, 6.07) is 8.27. The number of carbonyl (C=O) groups excluding carboxylic acids is 1. The molecule has 1 amide bonds. The summed E-state index contributed by atoms with van der Waals surface area (Å²) in [6.45, 7) is 9.89. The largest absolute Gasteiger partial charge is 0.351 e. The Morgan fingerprint density at radius 1 is 1.17 bits per heavy atom. The van der Waals surface area contributed by atoms with Gasteiger partial charge in [-0.05, 0) is 23.6 Å². The summed E-state index contributed by atoms with van der Waals surface area (Å²) in [6.07, 6.45) is 0. The van der Waals surface area contributed by atoms with Gasteiger partial charge in [0.2, 0.25) is 0 Å². The van der Waals surface area contributed by atoms with Gasteiger partial charge < -0.3 is 10.6 Å². The van der Waals surface area contributed by atoms with Crippen LogP contribution in [0, 0.1) is 0 Å². The molecule has 0 aliphatic carbocycles. The van der Waals surface area contributed by atoms with Crippen molar-refractivity contribution in [3.63, 3.8) is 0 Å². The number of benzene rings is 1. The maximum Gasteiger partial charge on any atom is 0.251 e. The fourth-order valence-corrected chi connectivity index (χ4v) is 1.68. The van der Waals surface area contributed by atoms with Gasteiger partial charge in [-0.25, -0.2) is 0 Å². The average molecular weight is 248 g/mol. The summed E-state index contributed by atoms with van der Waals surface area (Å²) in [5, 5.41) is 6.19. The van der Waals surface area contributed by atoms with E-state index in [1.165, 1.54) is 5.56 Å². The van der Waals surface area contributed by atoms with Crippen LogP contribution in [0.4, 0.5) is 0 Å². The summed E-state index contributed by atoms with van der Waals surface area (Å²) < 4.78 is 0. The van der Waals surface area contributed by atoms with Gasteiger partial charge in [-0.1, -0.05) is 39.8 Å². The molecule has 0 spiro atoms. The molecule has 0 aliphatic heterocycles.